The van der Waals surface area contributed by atoms with Crippen LogP contribution in [0.2, 0.25) is 0 Å². The van der Waals surface area contributed by atoms with Crippen molar-refractivity contribution in [1.82, 2.24) is 10.4 Å². The molecule has 0 aliphatic rings. The maximum atomic E-state index is 10.8. The summed E-state index contributed by atoms with van der Waals surface area (Å²) in [5, 5.41) is 0. The van der Waals surface area contributed by atoms with Gasteiger partial charge in [0.1, 0.15) is 0 Å². The average Bonchev–Trinajstić information content (AvgIpc) is 2.34. The van der Waals surface area contributed by atoms with E-state index in [1.165, 1.54) is 0 Å². The SMILES string of the molecule is Cc1c[nH]cc1C(=O)NN. The highest BCUT2D eigenvalue weighted by Gasteiger charge is 2.05. The van der Waals surface area contributed by atoms with E-state index in [0.29, 0.717) is 5.56 Å². The number of carbonyl (C=O) groups excluding carboxylic acids is 1. The zero-order chi connectivity index (χ0) is 7.56. The Morgan fingerprint density at radius 3 is 2.80 bits per heavy atom. The van der Waals surface area contributed by atoms with Crippen LogP contribution < -0.4 is 11.3 Å². The minimum absolute atomic E-state index is 0.265. The van der Waals surface area contributed by atoms with Crippen LogP contribution in [0.25, 0.3) is 0 Å². The quantitative estimate of drug-likeness (QED) is 0.289. The Hall–Kier alpha value is -1.29. The van der Waals surface area contributed by atoms with Crippen molar-refractivity contribution < 1.29 is 4.79 Å². The van der Waals surface area contributed by atoms with Crippen LogP contribution in [-0.4, -0.2) is 10.9 Å². The lowest BCUT2D eigenvalue weighted by Crippen LogP contribution is -2.30. The second kappa shape index (κ2) is 2.53. The van der Waals surface area contributed by atoms with Gasteiger partial charge in [-0.2, -0.15) is 0 Å². The average molecular weight is 139 g/mol. The molecule has 0 spiro atoms. The molecule has 1 amide bonds. The number of nitrogen functional groups attached to an aromatic ring is 1. The molecule has 54 valence electrons. The molecule has 0 fully saturated rings. The summed E-state index contributed by atoms with van der Waals surface area (Å²) in [6.07, 6.45) is 3.35. The fourth-order valence-corrected chi connectivity index (χ4v) is 0.764. The third-order valence-corrected chi connectivity index (χ3v) is 1.33. The van der Waals surface area contributed by atoms with Crippen LogP contribution in [-0.2, 0) is 0 Å². The van der Waals surface area contributed by atoms with Gasteiger partial charge in [-0.15, -0.1) is 0 Å². The largest absolute Gasteiger partial charge is 0.367 e. The molecule has 1 aromatic heterocycles. The molecule has 1 rings (SSSR count). The number of hydrogen-bond acceptors (Lipinski definition) is 2. The lowest BCUT2D eigenvalue weighted by atomic mass is 10.2. The number of hydrazine groups is 1. The van der Waals surface area contributed by atoms with Gasteiger partial charge in [0.2, 0.25) is 0 Å². The summed E-state index contributed by atoms with van der Waals surface area (Å²) in [5.74, 6) is 4.65. The smallest absolute Gasteiger partial charge is 0.266 e. The number of aromatic amines is 1. The Morgan fingerprint density at radius 1 is 1.70 bits per heavy atom. The first kappa shape index (κ1) is 6.82. The van der Waals surface area contributed by atoms with Crippen molar-refractivity contribution in [3.05, 3.63) is 23.5 Å². The van der Waals surface area contributed by atoms with Crippen molar-refractivity contribution in [2.45, 2.75) is 6.92 Å². The van der Waals surface area contributed by atoms with E-state index >= 15 is 0 Å². The first-order valence-electron chi connectivity index (χ1n) is 2.90. The first-order chi connectivity index (χ1) is 4.75. The second-order valence-electron chi connectivity index (χ2n) is 2.03. The summed E-state index contributed by atoms with van der Waals surface area (Å²) in [5.41, 5.74) is 3.53. The number of rotatable bonds is 1. The lowest BCUT2D eigenvalue weighted by Gasteiger charge is -1.94. The minimum Gasteiger partial charge on any atom is -0.367 e. The van der Waals surface area contributed by atoms with Crippen molar-refractivity contribution in [2.24, 2.45) is 5.84 Å². The number of nitrogens with two attached hydrogens (primary N) is 1. The van der Waals surface area contributed by atoms with Crippen molar-refractivity contribution in [3.8, 4) is 0 Å². The van der Waals surface area contributed by atoms with Gasteiger partial charge in [0.05, 0.1) is 5.56 Å². The molecule has 10 heavy (non-hydrogen) atoms. The minimum atomic E-state index is -0.265. The molecule has 0 aliphatic heterocycles. The molecule has 0 aliphatic carbocycles. The third kappa shape index (κ3) is 1.01. The third-order valence-electron chi connectivity index (χ3n) is 1.33. The Balaban J connectivity index is 2.93. The molecule has 4 nitrogen and oxygen atoms in total. The predicted molar refractivity (Wildman–Crippen MR) is 37.2 cm³/mol. The highest BCUT2D eigenvalue weighted by molar-refractivity contribution is 5.94. The number of nitrogens with one attached hydrogen (secondary N) is 2. The summed E-state index contributed by atoms with van der Waals surface area (Å²) in [4.78, 5) is 13.6. The molecule has 0 saturated carbocycles. The van der Waals surface area contributed by atoms with E-state index in [9.17, 15) is 4.79 Å². The fourth-order valence-electron chi connectivity index (χ4n) is 0.764. The number of amides is 1. The van der Waals surface area contributed by atoms with Gasteiger partial charge in [-0.05, 0) is 12.5 Å². The van der Waals surface area contributed by atoms with Gasteiger partial charge in [0.15, 0.2) is 0 Å². The monoisotopic (exact) mass is 139 g/mol. The Kier molecular flexibility index (Phi) is 1.73. The number of aromatic nitrogens is 1. The summed E-state index contributed by atoms with van der Waals surface area (Å²) in [7, 11) is 0. The van der Waals surface area contributed by atoms with Crippen LogP contribution in [0.3, 0.4) is 0 Å². The molecular formula is C6H9N3O. The van der Waals surface area contributed by atoms with Crippen LogP contribution in [0.1, 0.15) is 15.9 Å². The standard InChI is InChI=1S/C6H9N3O/c1-4-2-8-3-5(4)6(10)9-7/h2-3,8H,7H2,1H3,(H,9,10). The number of H-pyrrole nitrogens is 1. The van der Waals surface area contributed by atoms with Crippen LogP contribution in [0.5, 0.6) is 0 Å². The van der Waals surface area contributed by atoms with Crippen molar-refractivity contribution in [2.75, 3.05) is 0 Å². The van der Waals surface area contributed by atoms with Crippen LogP contribution in [0.15, 0.2) is 12.4 Å². The normalized spacial score (nSPS) is 9.40. The van der Waals surface area contributed by atoms with Crippen molar-refractivity contribution >= 4 is 5.91 Å². The Bertz CT molecular complexity index is 241. The van der Waals surface area contributed by atoms with Gasteiger partial charge >= 0.3 is 0 Å². The topological polar surface area (TPSA) is 70.9 Å². The summed E-state index contributed by atoms with van der Waals surface area (Å²) in [6.45, 7) is 1.83. The summed E-state index contributed by atoms with van der Waals surface area (Å²) >= 11 is 0. The van der Waals surface area contributed by atoms with E-state index in [2.05, 4.69) is 4.98 Å². The molecule has 1 heterocycles. The molecule has 0 bridgehead atoms. The van der Waals surface area contributed by atoms with Gasteiger partial charge in [-0.3, -0.25) is 10.2 Å². The van der Waals surface area contributed by atoms with Crippen molar-refractivity contribution in [1.29, 1.82) is 0 Å². The van der Waals surface area contributed by atoms with Crippen LogP contribution in [0, 0.1) is 6.92 Å². The maximum absolute atomic E-state index is 10.8. The van der Waals surface area contributed by atoms with Gasteiger partial charge in [-0.1, -0.05) is 0 Å². The molecule has 0 atom stereocenters. The molecular weight excluding hydrogens is 130 g/mol. The first-order valence-corrected chi connectivity index (χ1v) is 2.90. The molecule has 0 saturated heterocycles. The molecule has 4 heteroatoms. The van der Waals surface area contributed by atoms with E-state index in [4.69, 9.17) is 5.84 Å². The van der Waals surface area contributed by atoms with Gasteiger partial charge in [-0.25, -0.2) is 5.84 Å². The molecule has 0 radical (unpaired) electrons. The number of hydrogen-bond donors (Lipinski definition) is 3. The molecule has 0 unspecified atom stereocenters. The van der Waals surface area contributed by atoms with Gasteiger partial charge in [0.25, 0.3) is 5.91 Å². The maximum Gasteiger partial charge on any atom is 0.266 e. The number of aryl methyl sites for hydroxylation is 1. The van der Waals surface area contributed by atoms with E-state index in [1.54, 1.807) is 12.4 Å². The zero-order valence-electron chi connectivity index (χ0n) is 5.64. The highest BCUT2D eigenvalue weighted by Crippen LogP contribution is 2.03. The van der Waals surface area contributed by atoms with E-state index in [0.717, 1.165) is 5.56 Å². The Labute approximate surface area is 58.4 Å². The van der Waals surface area contributed by atoms with Gasteiger partial charge < -0.3 is 4.98 Å². The predicted octanol–water partition coefficient (Wildman–Crippen LogP) is -0.0734. The van der Waals surface area contributed by atoms with E-state index in [1.807, 2.05) is 12.3 Å². The molecule has 0 aromatic carbocycles. The van der Waals surface area contributed by atoms with Crippen molar-refractivity contribution in [3.63, 3.8) is 0 Å². The van der Waals surface area contributed by atoms with Crippen LogP contribution >= 0.6 is 0 Å². The van der Waals surface area contributed by atoms with E-state index < -0.39 is 0 Å². The summed E-state index contributed by atoms with van der Waals surface area (Å²) in [6, 6.07) is 0. The lowest BCUT2D eigenvalue weighted by molar-refractivity contribution is 0.0953. The molecule has 4 N–H and O–H groups in total. The number of carbonyl (C=O) groups is 1. The fraction of sp³-hybridized carbons (Fsp3) is 0.167. The van der Waals surface area contributed by atoms with Gasteiger partial charge in [0, 0.05) is 12.4 Å². The van der Waals surface area contributed by atoms with Crippen LogP contribution in [0.4, 0.5) is 0 Å². The summed E-state index contributed by atoms with van der Waals surface area (Å²) < 4.78 is 0. The second-order valence-corrected chi connectivity index (χ2v) is 2.03. The Morgan fingerprint density at radius 2 is 2.40 bits per heavy atom. The molecule has 1 aromatic rings. The zero-order valence-corrected chi connectivity index (χ0v) is 5.64. The van der Waals surface area contributed by atoms with E-state index in [-0.39, 0.29) is 5.91 Å². The highest BCUT2D eigenvalue weighted by atomic mass is 16.2.